The van der Waals surface area contributed by atoms with Gasteiger partial charge in [-0.15, -0.1) is 24.0 Å². The summed E-state index contributed by atoms with van der Waals surface area (Å²) in [5.41, 5.74) is 1.82. The normalized spacial score (nSPS) is 15.0. The molecule has 1 aliphatic rings. The van der Waals surface area contributed by atoms with Gasteiger partial charge >= 0.3 is 0 Å². The molecule has 0 spiro atoms. The quantitative estimate of drug-likeness (QED) is 0.219. The fraction of sp³-hybridized carbons (Fsp3) is 0.526. The Balaban J connectivity index is 0.00000364. The summed E-state index contributed by atoms with van der Waals surface area (Å²) >= 11 is 0. The van der Waals surface area contributed by atoms with E-state index in [1.165, 1.54) is 0 Å². The highest BCUT2D eigenvalue weighted by molar-refractivity contribution is 14.0. The molecule has 1 aromatic carbocycles. The number of hydrogen-bond acceptors (Lipinski definition) is 3. The zero-order valence-electron chi connectivity index (χ0n) is 16.2. The summed E-state index contributed by atoms with van der Waals surface area (Å²) in [6.07, 6.45) is 6.42. The Morgan fingerprint density at radius 2 is 1.74 bits per heavy atom. The number of hydrogen-bond donors (Lipinski definition) is 3. The SMILES string of the molecule is CCNC(=NCc1ccc(CS(=O)(=O)NC(C)C)cc1)NC1CC=CC1.I. The molecule has 0 heterocycles. The summed E-state index contributed by atoms with van der Waals surface area (Å²) in [5.74, 6) is 0.808. The lowest BCUT2D eigenvalue weighted by molar-refractivity contribution is 0.569. The van der Waals surface area contributed by atoms with Gasteiger partial charge in [0.1, 0.15) is 0 Å². The Hall–Kier alpha value is -1.13. The molecule has 0 saturated carbocycles. The maximum atomic E-state index is 12.0. The second-order valence-corrected chi connectivity index (χ2v) is 8.58. The van der Waals surface area contributed by atoms with Crippen LogP contribution < -0.4 is 15.4 Å². The smallest absolute Gasteiger partial charge is 0.216 e. The van der Waals surface area contributed by atoms with Gasteiger partial charge in [0, 0.05) is 18.6 Å². The van der Waals surface area contributed by atoms with Gasteiger partial charge in [-0.05, 0) is 44.7 Å². The van der Waals surface area contributed by atoms with Crippen molar-refractivity contribution < 1.29 is 8.42 Å². The second kappa shape index (κ2) is 11.7. The molecule has 152 valence electrons. The van der Waals surface area contributed by atoms with E-state index < -0.39 is 10.0 Å². The van der Waals surface area contributed by atoms with Crippen LogP contribution in [0.1, 0.15) is 44.7 Å². The fourth-order valence-electron chi connectivity index (χ4n) is 2.78. The third kappa shape index (κ3) is 9.07. The van der Waals surface area contributed by atoms with Crippen molar-refractivity contribution in [3.8, 4) is 0 Å². The van der Waals surface area contributed by atoms with Gasteiger partial charge in [-0.1, -0.05) is 36.4 Å². The molecule has 3 N–H and O–H groups in total. The first-order chi connectivity index (χ1) is 12.4. The molecule has 0 aliphatic heterocycles. The van der Waals surface area contributed by atoms with E-state index >= 15 is 0 Å². The van der Waals surface area contributed by atoms with E-state index in [-0.39, 0.29) is 35.8 Å². The Morgan fingerprint density at radius 3 is 2.30 bits per heavy atom. The van der Waals surface area contributed by atoms with Crippen LogP contribution in [-0.2, 0) is 22.3 Å². The van der Waals surface area contributed by atoms with Crippen LogP contribution in [0.4, 0.5) is 0 Å². The molecule has 6 nitrogen and oxygen atoms in total. The van der Waals surface area contributed by atoms with Crippen LogP contribution >= 0.6 is 24.0 Å². The van der Waals surface area contributed by atoms with Crippen molar-refractivity contribution in [3.63, 3.8) is 0 Å². The highest BCUT2D eigenvalue weighted by Crippen LogP contribution is 2.11. The van der Waals surface area contributed by atoms with Crippen LogP contribution in [0.3, 0.4) is 0 Å². The van der Waals surface area contributed by atoms with Crippen LogP contribution in [0.2, 0.25) is 0 Å². The van der Waals surface area contributed by atoms with E-state index in [1.807, 2.05) is 45.0 Å². The van der Waals surface area contributed by atoms with Crippen LogP contribution in [0.5, 0.6) is 0 Å². The van der Waals surface area contributed by atoms with Gasteiger partial charge in [0.15, 0.2) is 5.96 Å². The minimum absolute atomic E-state index is 0. The van der Waals surface area contributed by atoms with Gasteiger partial charge in [-0.3, -0.25) is 0 Å². The summed E-state index contributed by atoms with van der Waals surface area (Å²) < 4.78 is 26.6. The molecule has 27 heavy (non-hydrogen) atoms. The highest BCUT2D eigenvalue weighted by atomic mass is 127. The molecule has 0 aromatic heterocycles. The molecule has 0 bridgehead atoms. The molecule has 0 saturated heterocycles. The number of sulfonamides is 1. The molecule has 2 rings (SSSR count). The van der Waals surface area contributed by atoms with E-state index in [4.69, 9.17) is 0 Å². The van der Waals surface area contributed by atoms with E-state index in [9.17, 15) is 8.42 Å². The van der Waals surface area contributed by atoms with E-state index in [0.29, 0.717) is 12.6 Å². The fourth-order valence-corrected chi connectivity index (χ4v) is 4.21. The van der Waals surface area contributed by atoms with Crippen molar-refractivity contribution in [2.75, 3.05) is 6.54 Å². The number of aliphatic imine (C=N–C) groups is 1. The third-order valence-electron chi connectivity index (χ3n) is 3.91. The first-order valence-corrected chi connectivity index (χ1v) is 10.8. The Morgan fingerprint density at radius 1 is 1.15 bits per heavy atom. The van der Waals surface area contributed by atoms with Gasteiger partial charge in [-0.25, -0.2) is 18.1 Å². The molecule has 0 amide bonds. The van der Waals surface area contributed by atoms with E-state index in [2.05, 4.69) is 32.5 Å². The number of nitrogens with zero attached hydrogens (tertiary/aromatic N) is 1. The largest absolute Gasteiger partial charge is 0.357 e. The topological polar surface area (TPSA) is 82.6 Å². The first kappa shape index (κ1) is 23.9. The number of benzene rings is 1. The zero-order chi connectivity index (χ0) is 19.0. The second-order valence-electron chi connectivity index (χ2n) is 6.83. The lowest BCUT2D eigenvalue weighted by Crippen LogP contribution is -2.42. The van der Waals surface area contributed by atoms with E-state index in [1.54, 1.807) is 0 Å². The molecule has 1 aliphatic carbocycles. The summed E-state index contributed by atoms with van der Waals surface area (Å²) in [6.45, 7) is 7.04. The molecule has 0 atom stereocenters. The highest BCUT2D eigenvalue weighted by Gasteiger charge is 2.13. The predicted octanol–water partition coefficient (Wildman–Crippen LogP) is 2.91. The van der Waals surface area contributed by atoms with Gasteiger partial charge in [0.05, 0.1) is 12.3 Å². The number of nitrogens with one attached hydrogen (secondary N) is 3. The molecule has 8 heteroatoms. The number of guanidine groups is 1. The van der Waals surface area contributed by atoms with Crippen LogP contribution in [0.25, 0.3) is 0 Å². The monoisotopic (exact) mass is 506 g/mol. The third-order valence-corrected chi connectivity index (χ3v) is 5.45. The van der Waals surface area contributed by atoms with Gasteiger partial charge in [0.2, 0.25) is 10.0 Å². The first-order valence-electron chi connectivity index (χ1n) is 9.15. The van der Waals surface area contributed by atoms with Crippen molar-refractivity contribution in [2.45, 2.75) is 58.0 Å². The van der Waals surface area contributed by atoms with Crippen molar-refractivity contribution >= 4 is 40.0 Å². The Bertz CT molecular complexity index is 723. The van der Waals surface area contributed by atoms with Gasteiger partial charge < -0.3 is 10.6 Å². The van der Waals surface area contributed by atoms with Crippen LogP contribution in [-0.4, -0.2) is 33.0 Å². The molecular weight excluding hydrogens is 475 g/mol. The maximum absolute atomic E-state index is 12.0. The minimum atomic E-state index is -3.30. The summed E-state index contributed by atoms with van der Waals surface area (Å²) in [5, 5.41) is 6.70. The molecule has 0 radical (unpaired) electrons. The lowest BCUT2D eigenvalue weighted by atomic mass is 10.1. The molecular formula is C19H31IN4O2S. The number of rotatable bonds is 8. The molecule has 0 fully saturated rings. The molecule has 1 aromatic rings. The zero-order valence-corrected chi connectivity index (χ0v) is 19.4. The summed E-state index contributed by atoms with van der Waals surface area (Å²) in [6, 6.07) is 7.89. The minimum Gasteiger partial charge on any atom is -0.357 e. The van der Waals surface area contributed by atoms with Crippen molar-refractivity contribution in [1.82, 2.24) is 15.4 Å². The van der Waals surface area contributed by atoms with Gasteiger partial charge in [0.25, 0.3) is 0 Å². The Labute approximate surface area is 180 Å². The average molecular weight is 506 g/mol. The summed E-state index contributed by atoms with van der Waals surface area (Å²) in [7, 11) is -3.30. The lowest BCUT2D eigenvalue weighted by Gasteiger charge is -2.16. The summed E-state index contributed by atoms with van der Waals surface area (Å²) in [4.78, 5) is 4.63. The van der Waals surface area contributed by atoms with Crippen molar-refractivity contribution in [3.05, 3.63) is 47.5 Å². The predicted molar refractivity (Wildman–Crippen MR) is 123 cm³/mol. The maximum Gasteiger partial charge on any atom is 0.216 e. The van der Waals surface area contributed by atoms with Crippen molar-refractivity contribution in [1.29, 1.82) is 0 Å². The average Bonchev–Trinajstić information content (AvgIpc) is 3.05. The van der Waals surface area contributed by atoms with Crippen LogP contribution in [0, 0.1) is 0 Å². The standard InChI is InChI=1S/C19H30N4O2S.HI/c1-4-20-19(22-18-7-5-6-8-18)21-13-16-9-11-17(12-10-16)14-26(24,25)23-15(2)3;/h5-6,9-12,15,18,23H,4,7-8,13-14H2,1-3H3,(H2,20,21,22);1H. The van der Waals surface area contributed by atoms with Gasteiger partial charge in [-0.2, -0.15) is 0 Å². The van der Waals surface area contributed by atoms with E-state index in [0.717, 1.165) is 36.5 Å². The van der Waals surface area contributed by atoms with Crippen molar-refractivity contribution in [2.24, 2.45) is 4.99 Å². The number of halogens is 1. The molecule has 0 unspecified atom stereocenters. The van der Waals surface area contributed by atoms with Crippen LogP contribution in [0.15, 0.2) is 41.4 Å². The Kier molecular flexibility index (Phi) is 10.3.